The predicted molar refractivity (Wildman–Crippen MR) is 134 cm³/mol. The Kier molecular flexibility index (Phi) is 10.8. The van der Waals surface area contributed by atoms with Crippen molar-refractivity contribution in [1.29, 1.82) is 0 Å². The summed E-state index contributed by atoms with van der Waals surface area (Å²) in [4.78, 5) is 4.32. The van der Waals surface area contributed by atoms with Crippen LogP contribution in [0.3, 0.4) is 0 Å². The molecule has 0 bridgehead atoms. The third-order valence-electron chi connectivity index (χ3n) is 5.34. The van der Waals surface area contributed by atoms with Crippen LogP contribution in [0.25, 0.3) is 0 Å². The molecule has 0 unspecified atom stereocenters. The Morgan fingerprint density at radius 2 is 2.00 bits per heavy atom. The van der Waals surface area contributed by atoms with Crippen LogP contribution in [0.2, 0.25) is 0 Å². The van der Waals surface area contributed by atoms with Crippen LogP contribution in [-0.2, 0) is 13.0 Å². The standard InChI is InChI=1S/C21H32N6OS.HI/c1-22-20(24-15-16-9-4-7-12-18(16)28-2)23-14-8-13-19-25-26-21(29-3)27(19)17-10-5-6-11-17;/h4,7,9,12,17H,5-6,8,10-11,13-15H2,1-3H3,(H2,22,23,24);1H. The van der Waals surface area contributed by atoms with Gasteiger partial charge in [-0.1, -0.05) is 42.8 Å². The number of aryl methyl sites for hydroxylation is 1. The van der Waals surface area contributed by atoms with Crippen LogP contribution in [0.5, 0.6) is 5.75 Å². The number of nitrogens with zero attached hydrogens (tertiary/aromatic N) is 4. The van der Waals surface area contributed by atoms with E-state index in [1.807, 2.05) is 18.2 Å². The predicted octanol–water partition coefficient (Wildman–Crippen LogP) is 4.04. The molecule has 1 aromatic carbocycles. The smallest absolute Gasteiger partial charge is 0.191 e. The molecule has 0 amide bonds. The van der Waals surface area contributed by atoms with E-state index in [-0.39, 0.29) is 24.0 Å². The molecule has 0 radical (unpaired) electrons. The summed E-state index contributed by atoms with van der Waals surface area (Å²) in [6, 6.07) is 8.58. The van der Waals surface area contributed by atoms with E-state index < -0.39 is 0 Å². The van der Waals surface area contributed by atoms with Gasteiger partial charge in [-0.2, -0.15) is 0 Å². The van der Waals surface area contributed by atoms with E-state index >= 15 is 0 Å². The number of methoxy groups -OCH3 is 1. The summed E-state index contributed by atoms with van der Waals surface area (Å²) in [7, 11) is 3.48. The average Bonchev–Trinajstić information content (AvgIpc) is 3.42. The first-order chi connectivity index (χ1) is 14.3. The number of halogens is 1. The van der Waals surface area contributed by atoms with Crippen LogP contribution in [0.1, 0.15) is 49.5 Å². The van der Waals surface area contributed by atoms with Gasteiger partial charge in [0.05, 0.1) is 7.11 Å². The molecule has 0 saturated heterocycles. The molecular weight excluding hydrogens is 511 g/mol. The van der Waals surface area contributed by atoms with Crippen molar-refractivity contribution >= 4 is 41.7 Å². The van der Waals surface area contributed by atoms with E-state index in [1.54, 1.807) is 25.9 Å². The molecule has 1 fully saturated rings. The number of rotatable bonds is 9. The zero-order valence-electron chi connectivity index (χ0n) is 18.1. The summed E-state index contributed by atoms with van der Waals surface area (Å²) < 4.78 is 7.79. The van der Waals surface area contributed by atoms with Crippen molar-refractivity contribution in [2.24, 2.45) is 4.99 Å². The highest BCUT2D eigenvalue weighted by Gasteiger charge is 2.23. The van der Waals surface area contributed by atoms with Gasteiger partial charge < -0.3 is 19.9 Å². The van der Waals surface area contributed by atoms with E-state index in [9.17, 15) is 0 Å². The summed E-state index contributed by atoms with van der Waals surface area (Å²) >= 11 is 1.69. The van der Waals surface area contributed by atoms with Crippen molar-refractivity contribution in [2.45, 2.75) is 56.3 Å². The number of thioether (sulfide) groups is 1. The Hall–Kier alpha value is -1.49. The molecular formula is C21H33IN6OS. The number of benzene rings is 1. The SMILES string of the molecule is CN=C(NCCCc1nnc(SC)n1C1CCCC1)NCc1ccccc1OC.I. The van der Waals surface area contributed by atoms with E-state index in [0.717, 1.165) is 47.6 Å². The molecule has 2 aromatic rings. The van der Waals surface area contributed by atoms with Gasteiger partial charge in [0.15, 0.2) is 11.1 Å². The average molecular weight is 545 g/mol. The van der Waals surface area contributed by atoms with Gasteiger partial charge in [0.1, 0.15) is 11.6 Å². The topological polar surface area (TPSA) is 76.4 Å². The number of guanidine groups is 1. The Labute approximate surface area is 200 Å². The molecule has 30 heavy (non-hydrogen) atoms. The first-order valence-electron chi connectivity index (χ1n) is 10.3. The zero-order valence-corrected chi connectivity index (χ0v) is 21.2. The van der Waals surface area contributed by atoms with Crippen LogP contribution in [-0.4, -0.2) is 47.7 Å². The van der Waals surface area contributed by atoms with Crippen LogP contribution in [0.15, 0.2) is 34.4 Å². The third-order valence-corrected chi connectivity index (χ3v) is 5.98. The lowest BCUT2D eigenvalue weighted by Crippen LogP contribution is -2.37. The van der Waals surface area contributed by atoms with Gasteiger partial charge in [0, 0.05) is 38.2 Å². The molecule has 3 rings (SSSR count). The van der Waals surface area contributed by atoms with Gasteiger partial charge >= 0.3 is 0 Å². The summed E-state index contributed by atoms with van der Waals surface area (Å²) in [5.41, 5.74) is 1.10. The second-order valence-electron chi connectivity index (χ2n) is 7.18. The molecule has 1 aliphatic rings. The molecule has 0 aliphatic heterocycles. The fourth-order valence-electron chi connectivity index (χ4n) is 3.85. The molecule has 0 atom stereocenters. The number of hydrogen-bond acceptors (Lipinski definition) is 5. The number of para-hydroxylation sites is 1. The lowest BCUT2D eigenvalue weighted by Gasteiger charge is -2.16. The molecule has 1 heterocycles. The fourth-order valence-corrected chi connectivity index (χ4v) is 4.42. The van der Waals surface area contributed by atoms with Crippen molar-refractivity contribution in [2.75, 3.05) is 27.0 Å². The van der Waals surface area contributed by atoms with Crippen molar-refractivity contribution in [3.05, 3.63) is 35.7 Å². The second-order valence-corrected chi connectivity index (χ2v) is 7.95. The Morgan fingerprint density at radius 3 is 2.70 bits per heavy atom. The van der Waals surface area contributed by atoms with Gasteiger partial charge in [0.2, 0.25) is 0 Å². The largest absolute Gasteiger partial charge is 0.496 e. The summed E-state index contributed by atoms with van der Waals surface area (Å²) in [5.74, 6) is 2.78. The first-order valence-corrected chi connectivity index (χ1v) is 11.5. The summed E-state index contributed by atoms with van der Waals surface area (Å²) in [6.07, 6.45) is 9.10. The number of aliphatic imine (C=N–C) groups is 1. The molecule has 9 heteroatoms. The lowest BCUT2D eigenvalue weighted by molar-refractivity contribution is 0.409. The van der Waals surface area contributed by atoms with Gasteiger partial charge in [-0.05, 0) is 31.6 Å². The molecule has 2 N–H and O–H groups in total. The summed E-state index contributed by atoms with van der Waals surface area (Å²) in [6.45, 7) is 1.49. The number of ether oxygens (including phenoxy) is 1. The molecule has 1 saturated carbocycles. The first kappa shape index (κ1) is 24.8. The molecule has 166 valence electrons. The maximum atomic E-state index is 5.41. The van der Waals surface area contributed by atoms with Crippen molar-refractivity contribution in [1.82, 2.24) is 25.4 Å². The Balaban J connectivity index is 0.00000320. The van der Waals surface area contributed by atoms with E-state index in [2.05, 4.69) is 42.7 Å². The monoisotopic (exact) mass is 544 g/mol. The van der Waals surface area contributed by atoms with Gasteiger partial charge in [-0.25, -0.2) is 0 Å². The van der Waals surface area contributed by atoms with Crippen molar-refractivity contribution < 1.29 is 4.74 Å². The van der Waals surface area contributed by atoms with Gasteiger partial charge in [0.25, 0.3) is 0 Å². The highest BCUT2D eigenvalue weighted by atomic mass is 127. The number of hydrogen-bond donors (Lipinski definition) is 2. The molecule has 7 nitrogen and oxygen atoms in total. The van der Waals surface area contributed by atoms with E-state index in [1.165, 1.54) is 25.7 Å². The molecule has 1 aliphatic carbocycles. The van der Waals surface area contributed by atoms with Gasteiger partial charge in [-0.15, -0.1) is 34.2 Å². The normalized spacial score (nSPS) is 14.4. The van der Waals surface area contributed by atoms with Crippen LogP contribution in [0.4, 0.5) is 0 Å². The lowest BCUT2D eigenvalue weighted by atomic mass is 10.2. The van der Waals surface area contributed by atoms with Crippen LogP contribution >= 0.6 is 35.7 Å². The minimum Gasteiger partial charge on any atom is -0.496 e. The van der Waals surface area contributed by atoms with Crippen molar-refractivity contribution in [3.8, 4) is 5.75 Å². The zero-order chi connectivity index (χ0) is 20.5. The highest BCUT2D eigenvalue weighted by molar-refractivity contribution is 14.0. The van der Waals surface area contributed by atoms with Crippen LogP contribution in [0, 0.1) is 0 Å². The van der Waals surface area contributed by atoms with E-state index in [0.29, 0.717) is 12.6 Å². The fraction of sp³-hybridized carbons (Fsp3) is 0.571. The maximum Gasteiger partial charge on any atom is 0.191 e. The third kappa shape index (κ3) is 6.50. The summed E-state index contributed by atoms with van der Waals surface area (Å²) in [5, 5.41) is 16.7. The number of nitrogens with one attached hydrogen (secondary N) is 2. The Bertz CT molecular complexity index is 807. The van der Waals surface area contributed by atoms with Crippen molar-refractivity contribution in [3.63, 3.8) is 0 Å². The minimum absolute atomic E-state index is 0. The minimum atomic E-state index is 0. The second kappa shape index (κ2) is 13.0. The Morgan fingerprint density at radius 1 is 1.23 bits per heavy atom. The maximum absolute atomic E-state index is 5.41. The van der Waals surface area contributed by atoms with E-state index in [4.69, 9.17) is 4.74 Å². The van der Waals surface area contributed by atoms with Crippen LogP contribution < -0.4 is 15.4 Å². The van der Waals surface area contributed by atoms with Gasteiger partial charge in [-0.3, -0.25) is 4.99 Å². The molecule has 0 spiro atoms. The molecule has 1 aromatic heterocycles. The highest BCUT2D eigenvalue weighted by Crippen LogP contribution is 2.33. The quantitative estimate of drug-likeness (QED) is 0.163. The number of aromatic nitrogens is 3.